The van der Waals surface area contributed by atoms with Gasteiger partial charge >= 0.3 is 0 Å². The highest BCUT2D eigenvalue weighted by molar-refractivity contribution is 6.02. The van der Waals surface area contributed by atoms with E-state index < -0.39 is 11.7 Å². The molecule has 0 fully saturated rings. The normalized spacial score (nSPS) is 11.1. The van der Waals surface area contributed by atoms with Crippen LogP contribution >= 0.6 is 0 Å². The first-order valence-corrected chi connectivity index (χ1v) is 9.42. The second-order valence-electron chi connectivity index (χ2n) is 7.07. The molecular formula is C23H21FN4O3. The summed E-state index contributed by atoms with van der Waals surface area (Å²) in [5, 5.41) is 22.8. The first-order chi connectivity index (χ1) is 14.9. The minimum atomic E-state index is -0.414. The third-order valence-corrected chi connectivity index (χ3v) is 4.33. The summed E-state index contributed by atoms with van der Waals surface area (Å²) in [6.45, 7) is 0.617. The fourth-order valence-corrected chi connectivity index (χ4v) is 2.87. The van der Waals surface area contributed by atoms with Crippen LogP contribution in [0.2, 0.25) is 0 Å². The van der Waals surface area contributed by atoms with Crippen molar-refractivity contribution in [2.45, 2.75) is 6.61 Å². The number of likely N-dealkylation sites (N-methyl/N-ethyl adjacent to an activating group) is 1. The molecule has 0 aliphatic carbocycles. The van der Waals surface area contributed by atoms with Crippen molar-refractivity contribution in [2.75, 3.05) is 26.0 Å². The number of nitrogens with zero attached hydrogens (tertiary/aromatic N) is 3. The molecule has 1 amide bonds. The van der Waals surface area contributed by atoms with Crippen molar-refractivity contribution in [1.82, 2.24) is 9.88 Å². The van der Waals surface area contributed by atoms with Crippen LogP contribution in [0.3, 0.4) is 0 Å². The summed E-state index contributed by atoms with van der Waals surface area (Å²) in [6, 6.07) is 10.8. The Bertz CT molecular complexity index is 1190. The average Bonchev–Trinajstić information content (AvgIpc) is 2.72. The van der Waals surface area contributed by atoms with Gasteiger partial charge in [-0.2, -0.15) is 5.26 Å². The van der Waals surface area contributed by atoms with Crippen LogP contribution < -0.4 is 10.1 Å². The Morgan fingerprint density at radius 2 is 2.16 bits per heavy atom. The molecule has 7 nitrogen and oxygen atoms in total. The third kappa shape index (κ3) is 5.56. The number of hydrogen-bond acceptors (Lipinski definition) is 6. The lowest BCUT2D eigenvalue weighted by atomic mass is 10.1. The quantitative estimate of drug-likeness (QED) is 0.448. The molecular weight excluding hydrogens is 399 g/mol. The lowest BCUT2D eigenvalue weighted by molar-refractivity contribution is -0.111. The second kappa shape index (κ2) is 9.69. The van der Waals surface area contributed by atoms with Gasteiger partial charge in [-0.25, -0.2) is 4.39 Å². The number of nitrogens with one attached hydrogen (secondary N) is 1. The molecule has 3 rings (SSSR count). The number of carbonyl (C=O) groups excluding carboxylic acids is 1. The van der Waals surface area contributed by atoms with Crippen LogP contribution in [-0.2, 0) is 11.4 Å². The van der Waals surface area contributed by atoms with Crippen molar-refractivity contribution in [3.63, 3.8) is 0 Å². The van der Waals surface area contributed by atoms with Crippen LogP contribution in [0, 0.1) is 17.1 Å². The number of ether oxygens (including phenoxy) is 1. The van der Waals surface area contributed by atoms with Gasteiger partial charge in [0.25, 0.3) is 0 Å². The van der Waals surface area contributed by atoms with Gasteiger partial charge in [0.05, 0.1) is 11.2 Å². The molecule has 31 heavy (non-hydrogen) atoms. The first kappa shape index (κ1) is 21.7. The third-order valence-electron chi connectivity index (χ3n) is 4.33. The van der Waals surface area contributed by atoms with Crippen LogP contribution in [-0.4, -0.2) is 41.5 Å². The largest absolute Gasteiger partial charge is 0.506 e. The summed E-state index contributed by atoms with van der Waals surface area (Å²) in [5.41, 5.74) is 1.30. The number of phenolic OH excluding ortho intramolecular Hbond substituents is 1. The Morgan fingerprint density at radius 1 is 1.35 bits per heavy atom. The standard InChI is InChI=1S/C23H21FN4O3/c1-28(2)8-4-7-22(30)27-20-10-18-19(11-21(20)29)26-13-16(12-25)23(18)31-14-15-5-3-6-17(24)9-15/h3-7,9-11,13,29H,8,14H2,1-2H3,(H,27,30). The SMILES string of the molecule is CN(C)CC=CC(=O)Nc1cc2c(OCc3cccc(F)c3)c(C#N)cnc2cc1O. The molecule has 8 heteroatoms. The zero-order valence-electron chi connectivity index (χ0n) is 17.1. The van der Waals surface area contributed by atoms with Crippen molar-refractivity contribution in [3.8, 4) is 17.6 Å². The topological polar surface area (TPSA) is 98.5 Å². The van der Waals surface area contributed by atoms with E-state index in [4.69, 9.17) is 4.74 Å². The van der Waals surface area contributed by atoms with E-state index in [1.165, 1.54) is 36.5 Å². The maximum Gasteiger partial charge on any atom is 0.248 e. The summed E-state index contributed by atoms with van der Waals surface area (Å²) in [4.78, 5) is 18.2. The average molecular weight is 420 g/mol. The van der Waals surface area contributed by atoms with Gasteiger partial charge in [0, 0.05) is 30.3 Å². The zero-order chi connectivity index (χ0) is 22.4. The van der Waals surface area contributed by atoms with Crippen LogP contribution in [0.5, 0.6) is 11.5 Å². The first-order valence-electron chi connectivity index (χ1n) is 9.42. The number of carbonyl (C=O) groups is 1. The number of anilines is 1. The van der Waals surface area contributed by atoms with Gasteiger partial charge in [0.15, 0.2) is 0 Å². The zero-order valence-corrected chi connectivity index (χ0v) is 17.1. The van der Waals surface area contributed by atoms with Crippen LogP contribution in [0.1, 0.15) is 11.1 Å². The molecule has 0 radical (unpaired) electrons. The molecule has 0 aliphatic heterocycles. The van der Waals surface area contributed by atoms with E-state index in [9.17, 15) is 19.6 Å². The second-order valence-corrected chi connectivity index (χ2v) is 7.07. The van der Waals surface area contributed by atoms with E-state index in [1.807, 2.05) is 25.1 Å². The monoisotopic (exact) mass is 420 g/mol. The highest BCUT2D eigenvalue weighted by Gasteiger charge is 2.15. The number of aromatic nitrogens is 1. The molecule has 1 heterocycles. The van der Waals surface area contributed by atoms with Gasteiger partial charge < -0.3 is 20.1 Å². The van der Waals surface area contributed by atoms with Crippen LogP contribution in [0.25, 0.3) is 10.9 Å². The lowest BCUT2D eigenvalue weighted by Crippen LogP contribution is -2.13. The molecule has 0 unspecified atom stereocenters. The number of pyridine rings is 1. The van der Waals surface area contributed by atoms with Crippen molar-refractivity contribution >= 4 is 22.5 Å². The van der Waals surface area contributed by atoms with E-state index in [-0.39, 0.29) is 29.4 Å². The number of nitriles is 1. The molecule has 0 saturated heterocycles. The summed E-state index contributed by atoms with van der Waals surface area (Å²) in [6.07, 6.45) is 4.40. The fraction of sp³-hybridized carbons (Fsp3) is 0.174. The van der Waals surface area contributed by atoms with Gasteiger partial charge in [-0.15, -0.1) is 0 Å². The highest BCUT2D eigenvalue weighted by Crippen LogP contribution is 2.35. The van der Waals surface area contributed by atoms with Crippen LogP contribution in [0.15, 0.2) is 54.7 Å². The molecule has 3 aromatic rings. The number of benzene rings is 2. The number of amides is 1. The van der Waals surface area contributed by atoms with Crippen molar-refractivity contribution in [2.24, 2.45) is 0 Å². The Kier molecular flexibility index (Phi) is 6.80. The number of phenols is 1. The molecule has 0 bridgehead atoms. The maximum absolute atomic E-state index is 13.4. The Morgan fingerprint density at radius 3 is 2.87 bits per heavy atom. The summed E-state index contributed by atoms with van der Waals surface area (Å²) >= 11 is 0. The van der Waals surface area contributed by atoms with E-state index in [1.54, 1.807) is 18.2 Å². The number of fused-ring (bicyclic) bond motifs is 1. The maximum atomic E-state index is 13.4. The number of hydrogen-bond donors (Lipinski definition) is 2. The molecule has 0 saturated carbocycles. The number of rotatable bonds is 7. The predicted octanol–water partition coefficient (Wildman–Crippen LogP) is 3.59. The fourth-order valence-electron chi connectivity index (χ4n) is 2.87. The molecule has 2 aromatic carbocycles. The van der Waals surface area contributed by atoms with Gasteiger partial charge in [-0.3, -0.25) is 9.78 Å². The lowest BCUT2D eigenvalue weighted by Gasteiger charge is -2.13. The van der Waals surface area contributed by atoms with Gasteiger partial charge in [0.2, 0.25) is 5.91 Å². The van der Waals surface area contributed by atoms with E-state index >= 15 is 0 Å². The summed E-state index contributed by atoms with van der Waals surface area (Å²) in [7, 11) is 3.76. The summed E-state index contributed by atoms with van der Waals surface area (Å²) in [5.74, 6) is -0.743. The predicted molar refractivity (Wildman–Crippen MR) is 115 cm³/mol. The Balaban J connectivity index is 1.93. The molecule has 1 aromatic heterocycles. The summed E-state index contributed by atoms with van der Waals surface area (Å²) < 4.78 is 19.3. The number of aromatic hydroxyl groups is 1. The van der Waals surface area contributed by atoms with Gasteiger partial charge in [-0.05, 0) is 37.9 Å². The minimum absolute atomic E-state index is 0.0292. The Hall–Kier alpha value is -3.96. The molecule has 0 aliphatic rings. The van der Waals surface area contributed by atoms with E-state index in [0.717, 1.165) is 0 Å². The van der Waals surface area contributed by atoms with E-state index in [2.05, 4.69) is 10.3 Å². The molecule has 0 spiro atoms. The molecule has 0 atom stereocenters. The van der Waals surface area contributed by atoms with Crippen LogP contribution in [0.4, 0.5) is 10.1 Å². The highest BCUT2D eigenvalue weighted by atomic mass is 19.1. The molecule has 2 N–H and O–H groups in total. The van der Waals surface area contributed by atoms with Gasteiger partial charge in [0.1, 0.15) is 35.6 Å². The van der Waals surface area contributed by atoms with Crippen molar-refractivity contribution in [1.29, 1.82) is 5.26 Å². The molecule has 158 valence electrons. The van der Waals surface area contributed by atoms with Gasteiger partial charge in [-0.1, -0.05) is 18.2 Å². The number of halogens is 1. The van der Waals surface area contributed by atoms with Crippen molar-refractivity contribution in [3.05, 3.63) is 71.7 Å². The Labute approximate surface area is 179 Å². The van der Waals surface area contributed by atoms with Crippen molar-refractivity contribution < 1.29 is 19.0 Å². The minimum Gasteiger partial charge on any atom is -0.506 e. The smallest absolute Gasteiger partial charge is 0.248 e. The van der Waals surface area contributed by atoms with E-state index in [0.29, 0.717) is 23.0 Å².